The van der Waals surface area contributed by atoms with E-state index in [1.54, 1.807) is 25.1 Å². The summed E-state index contributed by atoms with van der Waals surface area (Å²) in [7, 11) is 0. The first-order valence-corrected chi connectivity index (χ1v) is 9.42. The maximum atomic E-state index is 12.9. The minimum atomic E-state index is -0.992. The molecule has 29 heavy (non-hydrogen) atoms. The third-order valence-corrected chi connectivity index (χ3v) is 5.51. The quantitative estimate of drug-likeness (QED) is 0.735. The van der Waals surface area contributed by atoms with Crippen molar-refractivity contribution < 1.29 is 24.2 Å². The molecule has 1 saturated carbocycles. The number of nitrogens with zero attached hydrogens (tertiary/aromatic N) is 4. The van der Waals surface area contributed by atoms with Gasteiger partial charge in [0.2, 0.25) is 5.91 Å². The summed E-state index contributed by atoms with van der Waals surface area (Å²) in [6.45, 7) is 2.85. The smallest absolute Gasteiger partial charge is 0.326 e. The Morgan fingerprint density at radius 2 is 2.14 bits per heavy atom. The maximum Gasteiger partial charge on any atom is 0.326 e. The van der Waals surface area contributed by atoms with Crippen LogP contribution in [0.15, 0.2) is 18.2 Å². The first-order valence-electron chi connectivity index (χ1n) is 9.42. The normalized spacial score (nSPS) is 23.3. The number of hydrogen-bond acceptors (Lipinski definition) is 6. The van der Waals surface area contributed by atoms with Gasteiger partial charge >= 0.3 is 5.97 Å². The zero-order valence-corrected chi connectivity index (χ0v) is 16.0. The zero-order chi connectivity index (χ0) is 20.9. The summed E-state index contributed by atoms with van der Waals surface area (Å²) in [5.74, 6) is -0.886. The van der Waals surface area contributed by atoms with Gasteiger partial charge in [0, 0.05) is 18.4 Å². The molecule has 1 N–H and O–H groups in total. The number of carbonyl (C=O) groups excluding carboxylic acids is 2. The highest BCUT2D eigenvalue weighted by Crippen LogP contribution is 2.48. The molecule has 0 bridgehead atoms. The van der Waals surface area contributed by atoms with Crippen LogP contribution in [0.2, 0.25) is 0 Å². The number of Topliss-reactive ketones (excluding diaryl/α,β-unsaturated/α-hetero) is 1. The van der Waals surface area contributed by atoms with Crippen LogP contribution in [0.25, 0.3) is 10.9 Å². The topological polar surface area (TPSA) is 126 Å². The Hall–Kier alpha value is -3.41. The Bertz CT molecular complexity index is 1070. The fourth-order valence-corrected chi connectivity index (χ4v) is 4.09. The molecule has 1 aromatic heterocycles. The zero-order valence-electron chi connectivity index (χ0n) is 16.0. The van der Waals surface area contributed by atoms with Gasteiger partial charge in [-0.25, -0.2) is 4.79 Å². The predicted octanol–water partition coefficient (Wildman–Crippen LogP) is 1.60. The van der Waals surface area contributed by atoms with Crippen molar-refractivity contribution >= 4 is 28.6 Å². The first kappa shape index (κ1) is 18.9. The van der Waals surface area contributed by atoms with E-state index in [0.717, 1.165) is 6.42 Å². The number of aliphatic carboxylic acids is 1. The lowest BCUT2D eigenvalue weighted by atomic mass is 10.1. The number of nitriles is 1. The Kier molecular flexibility index (Phi) is 4.49. The van der Waals surface area contributed by atoms with Gasteiger partial charge < -0.3 is 14.7 Å². The van der Waals surface area contributed by atoms with E-state index in [9.17, 15) is 19.5 Å². The monoisotopic (exact) mass is 396 g/mol. The number of ketones is 1. The molecule has 4 rings (SSSR count). The van der Waals surface area contributed by atoms with Crippen LogP contribution in [0.5, 0.6) is 5.75 Å². The molecule has 1 aliphatic carbocycles. The first-order chi connectivity index (χ1) is 13.8. The van der Waals surface area contributed by atoms with Crippen molar-refractivity contribution in [2.75, 3.05) is 0 Å². The van der Waals surface area contributed by atoms with Gasteiger partial charge in [-0.05, 0) is 43.9 Å². The summed E-state index contributed by atoms with van der Waals surface area (Å²) in [4.78, 5) is 37.9. The molecule has 1 unspecified atom stereocenters. The molecule has 1 amide bonds. The number of amides is 1. The number of carboxylic acids is 1. The fourth-order valence-electron chi connectivity index (χ4n) is 4.09. The summed E-state index contributed by atoms with van der Waals surface area (Å²) < 4.78 is 6.92. The van der Waals surface area contributed by atoms with Crippen LogP contribution < -0.4 is 4.74 Å². The molecule has 2 aromatic rings. The summed E-state index contributed by atoms with van der Waals surface area (Å²) in [5, 5.41) is 23.1. The molecule has 9 heteroatoms. The van der Waals surface area contributed by atoms with Gasteiger partial charge in [0.25, 0.3) is 0 Å². The van der Waals surface area contributed by atoms with E-state index in [1.165, 1.54) is 16.5 Å². The van der Waals surface area contributed by atoms with Gasteiger partial charge in [-0.3, -0.25) is 14.3 Å². The van der Waals surface area contributed by atoms with Gasteiger partial charge in [0.15, 0.2) is 11.9 Å². The average Bonchev–Trinajstić information content (AvgIpc) is 3.18. The maximum absolute atomic E-state index is 12.9. The van der Waals surface area contributed by atoms with E-state index in [1.807, 2.05) is 6.07 Å². The van der Waals surface area contributed by atoms with Crippen LogP contribution in [-0.2, 0) is 16.1 Å². The Labute approximate surface area is 166 Å². The van der Waals surface area contributed by atoms with Gasteiger partial charge in [-0.15, -0.1) is 0 Å². The minimum absolute atomic E-state index is 0.00910. The van der Waals surface area contributed by atoms with Crippen molar-refractivity contribution in [2.24, 2.45) is 5.92 Å². The standard InChI is InChI=1S/C20H20N4O5/c1-10(8-21)29-13-3-4-15-14(7-13)19(11(2)25)22-23(15)9-18(26)24-16-5-12(16)6-17(24)20(27)28/h3-4,7,10,12,16-17H,5-6,9H2,1-2H3,(H,27,28)/t10?,12-,16-,17+/m1/s1. The van der Waals surface area contributed by atoms with Crippen LogP contribution in [0.4, 0.5) is 0 Å². The minimum Gasteiger partial charge on any atom is -0.480 e. The summed E-state index contributed by atoms with van der Waals surface area (Å²) in [5.41, 5.74) is 0.766. The molecule has 2 aliphatic rings. The van der Waals surface area contributed by atoms with E-state index in [-0.39, 0.29) is 35.9 Å². The van der Waals surface area contributed by atoms with E-state index < -0.39 is 18.1 Å². The number of carboxylic acid groups (broad SMARTS) is 1. The lowest BCUT2D eigenvalue weighted by molar-refractivity contribution is -0.149. The predicted molar refractivity (Wildman–Crippen MR) is 100 cm³/mol. The Morgan fingerprint density at radius 1 is 1.38 bits per heavy atom. The van der Waals surface area contributed by atoms with Crippen LogP contribution in [0.3, 0.4) is 0 Å². The van der Waals surface area contributed by atoms with Gasteiger partial charge in [-0.2, -0.15) is 10.4 Å². The summed E-state index contributed by atoms with van der Waals surface area (Å²) in [6, 6.07) is 6.12. The number of rotatable bonds is 6. The van der Waals surface area contributed by atoms with Crippen LogP contribution in [0.1, 0.15) is 37.2 Å². The Balaban J connectivity index is 1.65. The van der Waals surface area contributed by atoms with Crippen LogP contribution in [0, 0.1) is 17.2 Å². The molecule has 9 nitrogen and oxygen atoms in total. The molecule has 0 spiro atoms. The average molecular weight is 396 g/mol. The second-order valence-corrected chi connectivity index (χ2v) is 7.58. The third-order valence-electron chi connectivity index (χ3n) is 5.51. The molecule has 1 aromatic carbocycles. The molecular formula is C20H20N4O5. The van der Waals surface area contributed by atoms with E-state index in [2.05, 4.69) is 5.10 Å². The van der Waals surface area contributed by atoms with Crippen molar-refractivity contribution in [3.8, 4) is 11.8 Å². The molecule has 4 atom stereocenters. The van der Waals surface area contributed by atoms with Crippen molar-refractivity contribution in [2.45, 2.75) is 51.4 Å². The number of hydrogen-bond donors (Lipinski definition) is 1. The van der Waals surface area contributed by atoms with Crippen LogP contribution in [-0.4, -0.2) is 55.6 Å². The number of fused-ring (bicyclic) bond motifs is 2. The number of ether oxygens (including phenoxy) is 1. The third kappa shape index (κ3) is 3.31. The van der Waals surface area contributed by atoms with Gasteiger partial charge in [0.05, 0.1) is 5.52 Å². The summed E-state index contributed by atoms with van der Waals surface area (Å²) >= 11 is 0. The second-order valence-electron chi connectivity index (χ2n) is 7.58. The van der Waals surface area contributed by atoms with E-state index in [4.69, 9.17) is 10.00 Å². The lowest BCUT2D eigenvalue weighted by Gasteiger charge is -2.24. The number of benzene rings is 1. The molecule has 2 heterocycles. The van der Waals surface area contributed by atoms with E-state index >= 15 is 0 Å². The van der Waals surface area contributed by atoms with Crippen molar-refractivity contribution in [1.82, 2.24) is 14.7 Å². The molecule has 1 aliphatic heterocycles. The second kappa shape index (κ2) is 6.88. The molecule has 1 saturated heterocycles. The van der Waals surface area contributed by atoms with Crippen molar-refractivity contribution in [3.63, 3.8) is 0 Å². The number of aromatic nitrogens is 2. The highest BCUT2D eigenvalue weighted by Gasteiger charge is 2.56. The highest BCUT2D eigenvalue weighted by molar-refractivity contribution is 6.05. The molecule has 0 radical (unpaired) electrons. The SMILES string of the molecule is CC(=O)c1nn(CC(=O)N2[C@@H]3C[C@@H]3C[C@H]2C(=O)O)c2ccc(OC(C)C#N)cc12. The highest BCUT2D eigenvalue weighted by atomic mass is 16.5. The number of likely N-dealkylation sites (tertiary alicyclic amines) is 1. The van der Waals surface area contributed by atoms with Gasteiger partial charge in [-0.1, -0.05) is 0 Å². The number of piperidine rings is 1. The molecule has 2 fully saturated rings. The summed E-state index contributed by atoms with van der Waals surface area (Å²) in [6.07, 6.45) is 0.674. The van der Waals surface area contributed by atoms with Crippen LogP contribution >= 0.6 is 0 Å². The fraction of sp³-hybridized carbons (Fsp3) is 0.450. The largest absolute Gasteiger partial charge is 0.480 e. The van der Waals surface area contributed by atoms with Crippen molar-refractivity contribution in [3.05, 3.63) is 23.9 Å². The van der Waals surface area contributed by atoms with E-state index in [0.29, 0.717) is 23.1 Å². The lowest BCUT2D eigenvalue weighted by Crippen LogP contribution is -2.44. The Morgan fingerprint density at radius 3 is 2.79 bits per heavy atom. The van der Waals surface area contributed by atoms with Crippen molar-refractivity contribution in [1.29, 1.82) is 5.26 Å². The molecule has 150 valence electrons. The molecular weight excluding hydrogens is 376 g/mol. The van der Waals surface area contributed by atoms with Gasteiger partial charge in [0.1, 0.15) is 30.1 Å². The number of carbonyl (C=O) groups is 3.